The van der Waals surface area contributed by atoms with Gasteiger partial charge >= 0.3 is 5.97 Å². The van der Waals surface area contributed by atoms with Gasteiger partial charge in [-0.3, -0.25) is 0 Å². The molecule has 2 rings (SSSR count). The Bertz CT molecular complexity index is 684. The fourth-order valence-electron chi connectivity index (χ4n) is 1.96. The van der Waals surface area contributed by atoms with E-state index in [1.807, 2.05) is 6.92 Å². The molecule has 0 radical (unpaired) electrons. The van der Waals surface area contributed by atoms with Crippen molar-refractivity contribution in [2.24, 2.45) is 0 Å². The van der Waals surface area contributed by atoms with Gasteiger partial charge in [-0.05, 0) is 31.2 Å². The predicted octanol–water partition coefficient (Wildman–Crippen LogP) is 3.72. The van der Waals surface area contributed by atoms with Crippen LogP contribution in [-0.4, -0.2) is 22.8 Å². The minimum Gasteiger partial charge on any atom is -0.508 e. The van der Waals surface area contributed by atoms with Crippen LogP contribution in [0, 0.1) is 0 Å². The molecular formula is C16H15ClO5. The Hall–Kier alpha value is -2.40. The number of carboxylic acid groups (broad SMARTS) is 1. The number of hydrogen-bond acceptors (Lipinski definition) is 4. The van der Waals surface area contributed by atoms with Gasteiger partial charge in [-0.15, -0.1) is 0 Å². The Morgan fingerprint density at radius 2 is 1.95 bits per heavy atom. The standard InChI is InChI=1S/C16H15ClO5/c1-2-21-14-5-3-4-11(16(19)20)12(14)9-22-15-7-6-10(18)8-13(15)17/h3-8,18H,2,9H2,1H3,(H,19,20). The number of carboxylic acids is 1. The first-order valence-corrected chi connectivity index (χ1v) is 7.00. The van der Waals surface area contributed by atoms with Crippen LogP contribution in [-0.2, 0) is 6.61 Å². The van der Waals surface area contributed by atoms with E-state index in [1.54, 1.807) is 12.1 Å². The predicted molar refractivity (Wildman–Crippen MR) is 82.0 cm³/mol. The molecule has 0 atom stereocenters. The van der Waals surface area contributed by atoms with Crippen LogP contribution < -0.4 is 9.47 Å². The highest BCUT2D eigenvalue weighted by atomic mass is 35.5. The fraction of sp³-hybridized carbons (Fsp3) is 0.188. The Kier molecular flexibility index (Phi) is 5.12. The van der Waals surface area contributed by atoms with Gasteiger partial charge in [0.1, 0.15) is 23.9 Å². The van der Waals surface area contributed by atoms with Crippen molar-refractivity contribution >= 4 is 17.6 Å². The molecule has 0 aliphatic carbocycles. The molecule has 0 bridgehead atoms. The number of aromatic carboxylic acids is 1. The van der Waals surface area contributed by atoms with Crippen molar-refractivity contribution in [1.29, 1.82) is 0 Å². The second-order valence-electron chi connectivity index (χ2n) is 4.42. The topological polar surface area (TPSA) is 76.0 Å². The lowest BCUT2D eigenvalue weighted by atomic mass is 10.1. The highest BCUT2D eigenvalue weighted by molar-refractivity contribution is 6.32. The van der Waals surface area contributed by atoms with E-state index in [0.29, 0.717) is 23.7 Å². The van der Waals surface area contributed by atoms with E-state index in [1.165, 1.54) is 24.3 Å². The van der Waals surface area contributed by atoms with Gasteiger partial charge in [-0.2, -0.15) is 0 Å². The highest BCUT2D eigenvalue weighted by Crippen LogP contribution is 2.30. The van der Waals surface area contributed by atoms with E-state index in [0.717, 1.165) is 0 Å². The number of phenolic OH excluding ortho intramolecular Hbond substituents is 1. The molecule has 2 N–H and O–H groups in total. The van der Waals surface area contributed by atoms with Gasteiger partial charge in [0.25, 0.3) is 0 Å². The van der Waals surface area contributed by atoms with Crippen molar-refractivity contribution in [1.82, 2.24) is 0 Å². The molecule has 6 heteroatoms. The van der Waals surface area contributed by atoms with Crippen LogP contribution in [0.15, 0.2) is 36.4 Å². The lowest BCUT2D eigenvalue weighted by molar-refractivity contribution is 0.0693. The molecule has 22 heavy (non-hydrogen) atoms. The number of carbonyl (C=O) groups is 1. The fourth-order valence-corrected chi connectivity index (χ4v) is 2.19. The van der Waals surface area contributed by atoms with Gasteiger partial charge in [0.05, 0.1) is 17.2 Å². The Morgan fingerprint density at radius 3 is 2.59 bits per heavy atom. The third kappa shape index (κ3) is 3.62. The van der Waals surface area contributed by atoms with Crippen molar-refractivity contribution in [2.75, 3.05) is 6.61 Å². The molecule has 5 nitrogen and oxygen atoms in total. The molecule has 0 spiro atoms. The van der Waals surface area contributed by atoms with Gasteiger partial charge in [-0.1, -0.05) is 17.7 Å². The summed E-state index contributed by atoms with van der Waals surface area (Å²) in [6.45, 7) is 2.22. The van der Waals surface area contributed by atoms with E-state index in [9.17, 15) is 15.0 Å². The molecule has 2 aromatic rings. The largest absolute Gasteiger partial charge is 0.508 e. The normalized spacial score (nSPS) is 10.3. The summed E-state index contributed by atoms with van der Waals surface area (Å²) >= 11 is 5.97. The quantitative estimate of drug-likeness (QED) is 0.847. The maximum Gasteiger partial charge on any atom is 0.336 e. The summed E-state index contributed by atoms with van der Waals surface area (Å²) in [6.07, 6.45) is 0. The van der Waals surface area contributed by atoms with Gasteiger partial charge in [0, 0.05) is 11.6 Å². The zero-order chi connectivity index (χ0) is 16.1. The summed E-state index contributed by atoms with van der Waals surface area (Å²) in [7, 11) is 0. The summed E-state index contributed by atoms with van der Waals surface area (Å²) in [5.74, 6) is -0.227. The van der Waals surface area contributed by atoms with Gasteiger partial charge < -0.3 is 19.7 Å². The molecule has 0 amide bonds. The summed E-state index contributed by atoms with van der Waals surface area (Å²) in [4.78, 5) is 11.3. The van der Waals surface area contributed by atoms with Crippen LogP contribution in [0.1, 0.15) is 22.8 Å². The third-order valence-electron chi connectivity index (χ3n) is 2.95. The van der Waals surface area contributed by atoms with E-state index in [-0.39, 0.29) is 22.9 Å². The second kappa shape index (κ2) is 7.04. The van der Waals surface area contributed by atoms with Gasteiger partial charge in [0.2, 0.25) is 0 Å². The van der Waals surface area contributed by atoms with Crippen LogP contribution in [0.25, 0.3) is 0 Å². The smallest absolute Gasteiger partial charge is 0.336 e. The van der Waals surface area contributed by atoms with Crippen molar-refractivity contribution in [3.8, 4) is 17.2 Å². The van der Waals surface area contributed by atoms with Crippen LogP contribution in [0.2, 0.25) is 5.02 Å². The minimum atomic E-state index is -1.06. The number of phenols is 1. The molecule has 0 fully saturated rings. The Balaban J connectivity index is 2.29. The van der Waals surface area contributed by atoms with Gasteiger partial charge in [0.15, 0.2) is 0 Å². The zero-order valence-electron chi connectivity index (χ0n) is 11.9. The number of aromatic hydroxyl groups is 1. The van der Waals surface area contributed by atoms with E-state index >= 15 is 0 Å². The van der Waals surface area contributed by atoms with Crippen molar-refractivity contribution in [2.45, 2.75) is 13.5 Å². The van der Waals surface area contributed by atoms with Crippen LogP contribution in [0.3, 0.4) is 0 Å². The van der Waals surface area contributed by atoms with Crippen LogP contribution in [0.4, 0.5) is 0 Å². The van der Waals surface area contributed by atoms with E-state index in [2.05, 4.69) is 0 Å². The third-order valence-corrected chi connectivity index (χ3v) is 3.25. The molecule has 0 aliphatic heterocycles. The van der Waals surface area contributed by atoms with Crippen molar-refractivity contribution in [3.05, 3.63) is 52.5 Å². The molecule has 116 valence electrons. The number of halogens is 1. The first-order chi connectivity index (χ1) is 10.5. The zero-order valence-corrected chi connectivity index (χ0v) is 12.6. The number of hydrogen-bond donors (Lipinski definition) is 2. The molecule has 0 saturated carbocycles. The molecule has 0 unspecified atom stereocenters. The summed E-state index contributed by atoms with van der Waals surface area (Å²) in [6, 6.07) is 9.10. The maximum absolute atomic E-state index is 11.3. The van der Waals surface area contributed by atoms with Crippen molar-refractivity contribution < 1.29 is 24.5 Å². The lowest BCUT2D eigenvalue weighted by Crippen LogP contribution is -2.08. The SMILES string of the molecule is CCOc1cccc(C(=O)O)c1COc1ccc(O)cc1Cl. The monoisotopic (exact) mass is 322 g/mol. The second-order valence-corrected chi connectivity index (χ2v) is 4.83. The first-order valence-electron chi connectivity index (χ1n) is 6.62. The lowest BCUT2D eigenvalue weighted by Gasteiger charge is -2.14. The summed E-state index contributed by atoms with van der Waals surface area (Å²) in [5, 5.41) is 18.8. The number of benzene rings is 2. The summed E-state index contributed by atoms with van der Waals surface area (Å²) < 4.78 is 11.0. The minimum absolute atomic E-state index is 0.0116. The average molecular weight is 323 g/mol. The highest BCUT2D eigenvalue weighted by Gasteiger charge is 2.16. The molecule has 0 aromatic heterocycles. The first kappa shape index (κ1) is 16.0. The average Bonchev–Trinajstić information content (AvgIpc) is 2.47. The van der Waals surface area contributed by atoms with Crippen molar-refractivity contribution in [3.63, 3.8) is 0 Å². The summed E-state index contributed by atoms with van der Waals surface area (Å²) in [5.41, 5.74) is 0.543. The molecule has 2 aromatic carbocycles. The Labute approximate surface area is 132 Å². The molecule has 0 aliphatic rings. The molecule has 0 saturated heterocycles. The maximum atomic E-state index is 11.3. The van der Waals surface area contributed by atoms with Crippen LogP contribution >= 0.6 is 11.6 Å². The number of ether oxygens (including phenoxy) is 2. The van der Waals surface area contributed by atoms with E-state index in [4.69, 9.17) is 21.1 Å². The molecular weight excluding hydrogens is 308 g/mol. The molecule has 0 heterocycles. The Morgan fingerprint density at radius 1 is 1.18 bits per heavy atom. The van der Waals surface area contributed by atoms with Gasteiger partial charge in [-0.25, -0.2) is 4.79 Å². The van der Waals surface area contributed by atoms with Crippen LogP contribution in [0.5, 0.6) is 17.2 Å². The number of rotatable bonds is 6. The van der Waals surface area contributed by atoms with E-state index < -0.39 is 5.97 Å².